The molecule has 2 fully saturated rings. The minimum atomic E-state index is -3.35. The summed E-state index contributed by atoms with van der Waals surface area (Å²) in [6.45, 7) is 5.55. The summed E-state index contributed by atoms with van der Waals surface area (Å²) >= 11 is 1.32. The molecule has 2 aliphatic rings. The fourth-order valence-electron chi connectivity index (χ4n) is 3.29. The van der Waals surface area contributed by atoms with Gasteiger partial charge < -0.3 is 5.73 Å². The van der Waals surface area contributed by atoms with E-state index in [2.05, 4.69) is 4.90 Å². The van der Waals surface area contributed by atoms with Crippen LogP contribution in [0.2, 0.25) is 0 Å². The van der Waals surface area contributed by atoms with E-state index in [0.29, 0.717) is 29.9 Å². The largest absolute Gasteiger partial charge is 0.326 e. The minimum Gasteiger partial charge on any atom is -0.326 e. The van der Waals surface area contributed by atoms with E-state index in [4.69, 9.17) is 5.73 Å². The number of piperazine rings is 1. The Morgan fingerprint density at radius 2 is 2.14 bits per heavy atom. The summed E-state index contributed by atoms with van der Waals surface area (Å²) < 4.78 is 27.8. The summed E-state index contributed by atoms with van der Waals surface area (Å²) in [6, 6.07) is 2.17. The van der Waals surface area contributed by atoms with Gasteiger partial charge in [-0.25, -0.2) is 8.42 Å². The molecule has 0 spiro atoms. The van der Waals surface area contributed by atoms with Crippen LogP contribution in [0, 0.1) is 6.92 Å². The lowest BCUT2D eigenvalue weighted by Crippen LogP contribution is -2.55. The third-order valence-corrected chi connectivity index (χ3v) is 8.15. The summed E-state index contributed by atoms with van der Waals surface area (Å²) in [6.07, 6.45) is 3.57. The second kappa shape index (κ2) is 5.96. The smallest absolute Gasteiger partial charge is 0.252 e. The second-order valence-electron chi connectivity index (χ2n) is 5.92. The van der Waals surface area contributed by atoms with Crippen LogP contribution < -0.4 is 5.73 Å². The molecule has 0 aliphatic carbocycles. The molecular weight excluding hydrogens is 306 g/mol. The zero-order chi connectivity index (χ0) is 15.0. The van der Waals surface area contributed by atoms with Crippen molar-refractivity contribution in [2.75, 3.05) is 26.2 Å². The Morgan fingerprint density at radius 1 is 1.33 bits per heavy atom. The fourth-order valence-corrected chi connectivity index (χ4v) is 6.38. The van der Waals surface area contributed by atoms with E-state index in [1.165, 1.54) is 24.2 Å². The van der Waals surface area contributed by atoms with Crippen molar-refractivity contribution in [3.05, 3.63) is 16.5 Å². The van der Waals surface area contributed by atoms with E-state index in [9.17, 15) is 8.42 Å². The van der Waals surface area contributed by atoms with E-state index < -0.39 is 10.0 Å². The van der Waals surface area contributed by atoms with Crippen molar-refractivity contribution in [2.45, 2.75) is 43.0 Å². The van der Waals surface area contributed by atoms with Crippen molar-refractivity contribution in [2.24, 2.45) is 5.73 Å². The molecule has 1 aromatic rings. The molecule has 1 atom stereocenters. The highest BCUT2D eigenvalue weighted by molar-refractivity contribution is 7.91. The van der Waals surface area contributed by atoms with Crippen LogP contribution in [0.3, 0.4) is 0 Å². The number of nitrogens with two attached hydrogens (primary N) is 1. The SMILES string of the molecule is Cc1cc(S(=O)(=O)N2CCN3CCCCC3C2)sc1CN. The fraction of sp³-hybridized carbons (Fsp3) is 0.714. The predicted octanol–water partition coefficient (Wildman–Crippen LogP) is 1.37. The van der Waals surface area contributed by atoms with Crippen LogP contribution >= 0.6 is 11.3 Å². The van der Waals surface area contributed by atoms with Crippen LogP contribution in [0.25, 0.3) is 0 Å². The van der Waals surface area contributed by atoms with E-state index in [0.717, 1.165) is 30.0 Å². The minimum absolute atomic E-state index is 0.400. The number of sulfonamides is 1. The molecule has 0 bridgehead atoms. The molecular formula is C14H23N3O2S2. The van der Waals surface area contributed by atoms with Gasteiger partial charge in [-0.2, -0.15) is 4.31 Å². The zero-order valence-corrected chi connectivity index (χ0v) is 14.0. The van der Waals surface area contributed by atoms with E-state index in [1.807, 2.05) is 6.92 Å². The maximum Gasteiger partial charge on any atom is 0.252 e. The van der Waals surface area contributed by atoms with E-state index >= 15 is 0 Å². The van der Waals surface area contributed by atoms with Gasteiger partial charge in [0, 0.05) is 37.1 Å². The molecule has 0 saturated carbocycles. The van der Waals surface area contributed by atoms with Crippen molar-refractivity contribution >= 4 is 21.4 Å². The van der Waals surface area contributed by atoms with Crippen molar-refractivity contribution in [3.8, 4) is 0 Å². The lowest BCUT2D eigenvalue weighted by atomic mass is 10.0. The lowest BCUT2D eigenvalue weighted by molar-refractivity contribution is 0.0852. The molecule has 3 rings (SSSR count). The first-order valence-electron chi connectivity index (χ1n) is 7.56. The van der Waals surface area contributed by atoms with E-state index in [-0.39, 0.29) is 0 Å². The van der Waals surface area contributed by atoms with Gasteiger partial charge in [0.2, 0.25) is 0 Å². The predicted molar refractivity (Wildman–Crippen MR) is 84.9 cm³/mol. The summed E-state index contributed by atoms with van der Waals surface area (Å²) in [5, 5.41) is 0. The Hall–Kier alpha value is -0.470. The van der Waals surface area contributed by atoms with Crippen LogP contribution in [-0.4, -0.2) is 49.8 Å². The molecule has 0 amide bonds. The summed E-state index contributed by atoms with van der Waals surface area (Å²) in [5.41, 5.74) is 6.65. The Kier molecular flexibility index (Phi) is 4.38. The van der Waals surface area contributed by atoms with Gasteiger partial charge in [-0.05, 0) is 37.9 Å². The highest BCUT2D eigenvalue weighted by Crippen LogP contribution is 2.30. The summed E-state index contributed by atoms with van der Waals surface area (Å²) in [5.74, 6) is 0. The first kappa shape index (κ1) is 15.4. The van der Waals surface area contributed by atoms with Crippen LogP contribution in [-0.2, 0) is 16.6 Å². The quantitative estimate of drug-likeness (QED) is 0.910. The number of rotatable bonds is 3. The Morgan fingerprint density at radius 3 is 2.86 bits per heavy atom. The van der Waals surface area contributed by atoms with Gasteiger partial charge in [0.05, 0.1) is 0 Å². The van der Waals surface area contributed by atoms with Crippen LogP contribution in [0.1, 0.15) is 29.7 Å². The van der Waals surface area contributed by atoms with Crippen molar-refractivity contribution in [1.29, 1.82) is 0 Å². The topological polar surface area (TPSA) is 66.6 Å². The highest BCUT2D eigenvalue weighted by Gasteiger charge is 2.35. The molecule has 3 heterocycles. The lowest BCUT2D eigenvalue weighted by Gasteiger charge is -2.43. The number of piperidine rings is 1. The molecule has 118 valence electrons. The maximum atomic E-state index is 12.8. The van der Waals surface area contributed by atoms with Crippen molar-refractivity contribution < 1.29 is 8.42 Å². The third kappa shape index (κ3) is 2.90. The molecule has 1 unspecified atom stereocenters. The first-order chi connectivity index (χ1) is 10.0. The molecule has 2 N–H and O–H groups in total. The van der Waals surface area contributed by atoms with Crippen molar-refractivity contribution in [1.82, 2.24) is 9.21 Å². The number of thiophene rings is 1. The van der Waals surface area contributed by atoms with Gasteiger partial charge in [0.25, 0.3) is 10.0 Å². The van der Waals surface area contributed by atoms with Gasteiger partial charge in [0.1, 0.15) is 4.21 Å². The zero-order valence-electron chi connectivity index (χ0n) is 12.4. The molecule has 7 heteroatoms. The number of hydrogen-bond donors (Lipinski definition) is 1. The van der Waals surface area contributed by atoms with Crippen molar-refractivity contribution in [3.63, 3.8) is 0 Å². The number of hydrogen-bond acceptors (Lipinski definition) is 5. The second-order valence-corrected chi connectivity index (χ2v) is 9.23. The number of nitrogens with zero attached hydrogens (tertiary/aromatic N) is 2. The third-order valence-electron chi connectivity index (χ3n) is 4.58. The normalized spacial score (nSPS) is 25.0. The molecule has 2 aliphatic heterocycles. The molecule has 5 nitrogen and oxygen atoms in total. The first-order valence-corrected chi connectivity index (χ1v) is 9.81. The maximum absolute atomic E-state index is 12.8. The van der Waals surface area contributed by atoms with Crippen LogP contribution in [0.4, 0.5) is 0 Å². The average Bonchev–Trinajstić information content (AvgIpc) is 2.88. The highest BCUT2D eigenvalue weighted by atomic mass is 32.2. The molecule has 0 radical (unpaired) electrons. The Bertz CT molecular complexity index is 612. The van der Waals surface area contributed by atoms with Gasteiger partial charge >= 0.3 is 0 Å². The summed E-state index contributed by atoms with van der Waals surface area (Å²) in [7, 11) is -3.35. The van der Waals surface area contributed by atoms with Crippen LogP contribution in [0.5, 0.6) is 0 Å². The Balaban J connectivity index is 1.81. The molecule has 2 saturated heterocycles. The van der Waals surface area contributed by atoms with Gasteiger partial charge in [-0.3, -0.25) is 4.90 Å². The number of aryl methyl sites for hydroxylation is 1. The molecule has 21 heavy (non-hydrogen) atoms. The Labute approximate surface area is 130 Å². The monoisotopic (exact) mass is 329 g/mol. The van der Waals surface area contributed by atoms with Gasteiger partial charge in [0.15, 0.2) is 0 Å². The van der Waals surface area contributed by atoms with E-state index in [1.54, 1.807) is 10.4 Å². The summed E-state index contributed by atoms with van der Waals surface area (Å²) in [4.78, 5) is 3.41. The molecule has 1 aromatic heterocycles. The van der Waals surface area contributed by atoms with Gasteiger partial charge in [-0.1, -0.05) is 6.42 Å². The van der Waals surface area contributed by atoms with Crippen LogP contribution in [0.15, 0.2) is 10.3 Å². The average molecular weight is 329 g/mol. The number of fused-ring (bicyclic) bond motifs is 1. The standard InChI is InChI=1S/C14H23N3O2S2/c1-11-8-14(20-13(11)9-15)21(18,19)17-7-6-16-5-3-2-4-12(16)10-17/h8,12H,2-7,9-10,15H2,1H3. The molecule has 0 aromatic carbocycles. The van der Waals surface area contributed by atoms with Gasteiger partial charge in [-0.15, -0.1) is 11.3 Å².